The van der Waals surface area contributed by atoms with Crippen molar-refractivity contribution in [1.29, 1.82) is 0 Å². The molecule has 170 valence electrons. The van der Waals surface area contributed by atoms with Gasteiger partial charge in [-0.15, -0.1) is 0 Å². The molecule has 3 aromatic carbocycles. The van der Waals surface area contributed by atoms with Crippen LogP contribution in [0.3, 0.4) is 0 Å². The molecule has 1 heterocycles. The molecule has 0 aliphatic carbocycles. The zero-order valence-corrected chi connectivity index (χ0v) is 18.8. The number of fused-ring (bicyclic) bond motifs is 2. The quantitative estimate of drug-likeness (QED) is 0.263. The van der Waals surface area contributed by atoms with E-state index in [-0.39, 0.29) is 22.9 Å². The number of non-ortho nitro benzene ring substituents is 1. The smallest absolute Gasteiger partial charge is 0.270 e. The maximum absolute atomic E-state index is 13.2. The van der Waals surface area contributed by atoms with Crippen molar-refractivity contribution < 1.29 is 14.5 Å². The number of unbranched alkanes of at least 4 members (excludes halogenated alkanes) is 1. The molecule has 2 amide bonds. The predicted octanol–water partition coefficient (Wildman–Crippen LogP) is 5.60. The highest BCUT2D eigenvalue weighted by Gasteiger charge is 2.41. The van der Waals surface area contributed by atoms with Crippen LogP contribution in [-0.4, -0.2) is 27.8 Å². The summed E-state index contributed by atoms with van der Waals surface area (Å²) in [7, 11) is 0. The molecule has 2 atom stereocenters. The van der Waals surface area contributed by atoms with Crippen LogP contribution in [0.25, 0.3) is 10.8 Å². The molecule has 33 heavy (non-hydrogen) atoms. The maximum atomic E-state index is 13.2. The highest BCUT2D eigenvalue weighted by molar-refractivity contribution is 6.21. The largest absolute Gasteiger partial charge is 0.290 e. The number of nitro benzene ring substituents is 1. The first kappa shape index (κ1) is 22.6. The third-order valence-corrected chi connectivity index (χ3v) is 6.26. The van der Waals surface area contributed by atoms with Crippen LogP contribution in [0.4, 0.5) is 5.69 Å². The van der Waals surface area contributed by atoms with Crippen LogP contribution in [0.2, 0.25) is 0 Å². The molecule has 1 N–H and O–H groups in total. The number of hydrogen-bond donors (Lipinski definition) is 1. The van der Waals surface area contributed by atoms with E-state index in [1.165, 1.54) is 23.1 Å². The average Bonchev–Trinajstić information content (AvgIpc) is 3.08. The summed E-state index contributed by atoms with van der Waals surface area (Å²) in [6, 6.07) is 18.1. The van der Waals surface area contributed by atoms with Gasteiger partial charge in [0.25, 0.3) is 17.5 Å². The minimum atomic E-state index is -0.554. The van der Waals surface area contributed by atoms with Gasteiger partial charge in [-0.3, -0.25) is 29.9 Å². The van der Waals surface area contributed by atoms with Gasteiger partial charge >= 0.3 is 0 Å². The molecule has 0 radical (unpaired) electrons. The van der Waals surface area contributed by atoms with Gasteiger partial charge in [0.15, 0.2) is 0 Å². The third kappa shape index (κ3) is 4.24. The lowest BCUT2D eigenvalue weighted by Crippen LogP contribution is -2.49. The number of rotatable bonds is 9. The Kier molecular flexibility index (Phi) is 6.51. The molecule has 3 aromatic rings. The Hall–Kier alpha value is -3.58. The number of nitro groups is 1. The van der Waals surface area contributed by atoms with Crippen LogP contribution in [0, 0.1) is 10.1 Å². The molecule has 0 fully saturated rings. The van der Waals surface area contributed by atoms with Crippen molar-refractivity contribution in [2.24, 2.45) is 0 Å². The van der Waals surface area contributed by atoms with Gasteiger partial charge in [-0.25, -0.2) is 0 Å². The summed E-state index contributed by atoms with van der Waals surface area (Å²) in [6.07, 6.45) is 2.60. The molecule has 4 rings (SSSR count). The zero-order valence-electron chi connectivity index (χ0n) is 18.8. The summed E-state index contributed by atoms with van der Waals surface area (Å²) in [5.74, 6) is -0.897. The SMILES string of the molecule is CCCCC(NC(CC)c1cccc2ccccc12)N1C(=O)c2ccc([N+](=O)[O-])cc2C1=O. The van der Waals surface area contributed by atoms with E-state index in [4.69, 9.17) is 0 Å². The van der Waals surface area contributed by atoms with E-state index in [0.717, 1.165) is 35.6 Å². The second-order valence-corrected chi connectivity index (χ2v) is 8.32. The zero-order chi connectivity index (χ0) is 23.5. The van der Waals surface area contributed by atoms with Crippen LogP contribution in [0.15, 0.2) is 60.7 Å². The predicted molar refractivity (Wildman–Crippen MR) is 127 cm³/mol. The fraction of sp³-hybridized carbons (Fsp3) is 0.308. The van der Waals surface area contributed by atoms with Crippen molar-refractivity contribution >= 4 is 28.3 Å². The molecule has 2 unspecified atom stereocenters. The number of imide groups is 1. The number of carbonyl (C=O) groups excluding carboxylic acids is 2. The Bertz CT molecular complexity index is 1220. The van der Waals surface area contributed by atoms with Crippen LogP contribution < -0.4 is 5.32 Å². The molecule has 0 spiro atoms. The molecule has 0 saturated carbocycles. The minimum absolute atomic E-state index is 0.0726. The van der Waals surface area contributed by atoms with E-state index in [2.05, 4.69) is 43.4 Å². The van der Waals surface area contributed by atoms with Crippen LogP contribution in [-0.2, 0) is 0 Å². The summed E-state index contributed by atoms with van der Waals surface area (Å²) in [4.78, 5) is 38.3. The van der Waals surface area contributed by atoms with Crippen molar-refractivity contribution in [3.8, 4) is 0 Å². The summed E-state index contributed by atoms with van der Waals surface area (Å²) in [5.41, 5.74) is 1.23. The molecule has 0 saturated heterocycles. The Labute approximate surface area is 192 Å². The van der Waals surface area contributed by atoms with Gasteiger partial charge in [-0.2, -0.15) is 0 Å². The lowest BCUT2D eigenvalue weighted by atomic mass is 9.96. The molecule has 7 nitrogen and oxygen atoms in total. The number of nitrogens with zero attached hydrogens (tertiary/aromatic N) is 2. The number of carbonyl (C=O) groups is 2. The Morgan fingerprint density at radius 2 is 1.70 bits per heavy atom. The van der Waals surface area contributed by atoms with Gasteiger partial charge in [-0.05, 0) is 35.2 Å². The van der Waals surface area contributed by atoms with Gasteiger partial charge in [-0.1, -0.05) is 69.2 Å². The van der Waals surface area contributed by atoms with Crippen molar-refractivity contribution in [2.45, 2.75) is 51.7 Å². The van der Waals surface area contributed by atoms with E-state index in [1.54, 1.807) is 0 Å². The first-order valence-corrected chi connectivity index (χ1v) is 11.4. The van der Waals surface area contributed by atoms with Crippen molar-refractivity contribution in [1.82, 2.24) is 10.2 Å². The first-order valence-electron chi connectivity index (χ1n) is 11.4. The second kappa shape index (κ2) is 9.50. The summed E-state index contributed by atoms with van der Waals surface area (Å²) >= 11 is 0. The van der Waals surface area contributed by atoms with Gasteiger partial charge in [0, 0.05) is 18.2 Å². The normalized spacial score (nSPS) is 15.0. The van der Waals surface area contributed by atoms with Gasteiger partial charge in [0.1, 0.15) is 0 Å². The molecular weight excluding hydrogens is 418 g/mol. The lowest BCUT2D eigenvalue weighted by Gasteiger charge is -2.32. The van der Waals surface area contributed by atoms with Crippen LogP contribution >= 0.6 is 0 Å². The lowest BCUT2D eigenvalue weighted by molar-refractivity contribution is -0.384. The topological polar surface area (TPSA) is 92.6 Å². The highest BCUT2D eigenvalue weighted by atomic mass is 16.6. The number of hydrogen-bond acceptors (Lipinski definition) is 5. The van der Waals surface area contributed by atoms with Crippen molar-refractivity contribution in [3.05, 3.63) is 87.5 Å². The minimum Gasteiger partial charge on any atom is -0.290 e. The van der Waals surface area contributed by atoms with E-state index >= 15 is 0 Å². The fourth-order valence-corrected chi connectivity index (χ4v) is 4.54. The average molecular weight is 446 g/mol. The molecular formula is C26H27N3O4. The van der Waals surface area contributed by atoms with Crippen molar-refractivity contribution in [2.75, 3.05) is 0 Å². The fourth-order valence-electron chi connectivity index (χ4n) is 4.54. The van der Waals surface area contributed by atoms with Gasteiger partial charge in [0.2, 0.25) is 0 Å². The monoisotopic (exact) mass is 445 g/mol. The second-order valence-electron chi connectivity index (χ2n) is 8.32. The van der Waals surface area contributed by atoms with Crippen molar-refractivity contribution in [3.63, 3.8) is 0 Å². The van der Waals surface area contributed by atoms with E-state index in [1.807, 2.05) is 18.2 Å². The number of benzene rings is 3. The van der Waals surface area contributed by atoms with Gasteiger partial charge in [0.05, 0.1) is 22.2 Å². The van der Waals surface area contributed by atoms with Gasteiger partial charge < -0.3 is 0 Å². The van der Waals surface area contributed by atoms with Crippen LogP contribution in [0.5, 0.6) is 0 Å². The van der Waals surface area contributed by atoms with Crippen LogP contribution in [0.1, 0.15) is 71.9 Å². The van der Waals surface area contributed by atoms with E-state index in [9.17, 15) is 19.7 Å². The summed E-state index contributed by atoms with van der Waals surface area (Å²) < 4.78 is 0. The number of nitrogens with one attached hydrogen (secondary N) is 1. The molecule has 0 aromatic heterocycles. The molecule has 1 aliphatic heterocycles. The third-order valence-electron chi connectivity index (χ3n) is 6.26. The first-order chi connectivity index (χ1) is 16.0. The van der Waals surface area contributed by atoms with E-state index < -0.39 is 22.9 Å². The Morgan fingerprint density at radius 3 is 2.42 bits per heavy atom. The number of amides is 2. The molecule has 1 aliphatic rings. The summed E-state index contributed by atoms with van der Waals surface area (Å²) in [5, 5.41) is 17.0. The van der Waals surface area contributed by atoms with E-state index in [0.29, 0.717) is 6.42 Å². The Balaban J connectivity index is 1.68. The summed E-state index contributed by atoms with van der Waals surface area (Å²) in [6.45, 7) is 4.13. The molecule has 0 bridgehead atoms. The standard InChI is InChI=1S/C26H27N3O4/c1-3-5-13-24(27-23(4-2)20-12-8-10-17-9-6-7-11-19(17)20)28-25(30)21-15-14-18(29(32)33)16-22(21)26(28)31/h6-12,14-16,23-24,27H,3-5,13H2,1-2H3. The molecule has 7 heteroatoms. The maximum Gasteiger partial charge on any atom is 0.270 e. The highest BCUT2D eigenvalue weighted by Crippen LogP contribution is 2.31. The Morgan fingerprint density at radius 1 is 0.970 bits per heavy atom.